The van der Waals surface area contributed by atoms with Gasteiger partial charge in [-0.15, -0.1) is 0 Å². The first-order valence-electron chi connectivity index (χ1n) is 13.7. The van der Waals surface area contributed by atoms with Crippen molar-refractivity contribution in [3.63, 3.8) is 0 Å². The van der Waals surface area contributed by atoms with Crippen LogP contribution in [0.2, 0.25) is 0 Å². The Morgan fingerprint density at radius 3 is 2.33 bits per heavy atom. The van der Waals surface area contributed by atoms with Crippen molar-refractivity contribution in [2.75, 3.05) is 49.8 Å². The van der Waals surface area contributed by atoms with E-state index in [4.69, 9.17) is 9.47 Å². The summed E-state index contributed by atoms with van der Waals surface area (Å²) in [6, 6.07) is 19.6. The van der Waals surface area contributed by atoms with Gasteiger partial charge in [0.05, 0.1) is 31.9 Å². The lowest BCUT2D eigenvalue weighted by atomic mass is 9.99. The molecule has 11 nitrogen and oxygen atoms in total. The number of methoxy groups -OCH3 is 1. The van der Waals surface area contributed by atoms with E-state index < -0.39 is 18.2 Å². The highest BCUT2D eigenvalue weighted by molar-refractivity contribution is 6.02. The number of carbonyl (C=O) groups excluding carboxylic acids is 3. The predicted octanol–water partition coefficient (Wildman–Crippen LogP) is 4.72. The SMILES string of the molecule is COc1ccc(NC(=O)Nc2ccc3c(c2)C(=O)N([C@H](C)CO)C[C@@H](C)[C@H](CN(C)C(=O)Nc2ccccc2)O3)cc1. The molecule has 3 aromatic rings. The second kappa shape index (κ2) is 13.7. The number of aliphatic hydroxyl groups excluding tert-OH is 1. The molecule has 3 aromatic carbocycles. The fraction of sp³-hybridized carbons (Fsp3) is 0.323. The minimum atomic E-state index is -0.488. The Morgan fingerprint density at radius 2 is 1.67 bits per heavy atom. The van der Waals surface area contributed by atoms with Gasteiger partial charge in [0.2, 0.25) is 0 Å². The van der Waals surface area contributed by atoms with Crippen molar-refractivity contribution in [3.8, 4) is 11.5 Å². The molecule has 0 aliphatic carbocycles. The fourth-order valence-electron chi connectivity index (χ4n) is 4.58. The number of aliphatic hydroxyl groups is 1. The van der Waals surface area contributed by atoms with Gasteiger partial charge in [-0.2, -0.15) is 0 Å². The Bertz CT molecular complexity index is 1380. The maximum atomic E-state index is 13.7. The third kappa shape index (κ3) is 7.49. The standard InChI is InChI=1S/C31H37N5O6/c1-20-17-36(21(2)19-37)29(38)26-16-24(33-30(39)32-23-10-13-25(41-4)14-11-23)12-15-27(26)42-28(20)18-35(3)31(40)34-22-8-6-5-7-9-22/h5-16,20-21,28,37H,17-19H2,1-4H3,(H,34,40)(H2,32,33,39)/t20-,21-,28+/m1/s1. The first-order chi connectivity index (χ1) is 20.2. The van der Waals surface area contributed by atoms with Crippen molar-refractivity contribution >= 4 is 35.0 Å². The summed E-state index contributed by atoms with van der Waals surface area (Å²) in [7, 11) is 3.24. The van der Waals surface area contributed by atoms with Gasteiger partial charge in [-0.3, -0.25) is 4.79 Å². The van der Waals surface area contributed by atoms with Crippen molar-refractivity contribution in [2.24, 2.45) is 5.92 Å². The van der Waals surface area contributed by atoms with Gasteiger partial charge in [-0.1, -0.05) is 25.1 Å². The second-order valence-corrected chi connectivity index (χ2v) is 10.3. The summed E-state index contributed by atoms with van der Waals surface area (Å²) >= 11 is 0. The number of hydrogen-bond acceptors (Lipinski definition) is 6. The number of para-hydroxylation sites is 1. The Morgan fingerprint density at radius 1 is 1.02 bits per heavy atom. The molecule has 0 aromatic heterocycles. The molecule has 4 rings (SSSR count). The Labute approximate surface area is 245 Å². The van der Waals surface area contributed by atoms with Crippen molar-refractivity contribution in [1.82, 2.24) is 9.80 Å². The second-order valence-electron chi connectivity index (χ2n) is 10.3. The molecule has 3 atom stereocenters. The molecule has 0 saturated heterocycles. The molecule has 1 aliphatic heterocycles. The normalized spacial score (nSPS) is 17.1. The highest BCUT2D eigenvalue weighted by atomic mass is 16.5. The number of amides is 5. The van der Waals surface area contributed by atoms with Gasteiger partial charge in [-0.05, 0) is 61.5 Å². The number of nitrogens with one attached hydrogen (secondary N) is 3. The van der Waals surface area contributed by atoms with E-state index in [-0.39, 0.29) is 36.6 Å². The zero-order valence-corrected chi connectivity index (χ0v) is 24.2. The first-order valence-corrected chi connectivity index (χ1v) is 13.7. The number of urea groups is 2. The van der Waals surface area contributed by atoms with E-state index in [2.05, 4.69) is 16.0 Å². The molecule has 1 heterocycles. The first kappa shape index (κ1) is 30.2. The van der Waals surface area contributed by atoms with Crippen molar-refractivity contribution < 1.29 is 29.0 Å². The average molecular weight is 576 g/mol. The van der Waals surface area contributed by atoms with Crippen molar-refractivity contribution in [2.45, 2.75) is 26.0 Å². The summed E-state index contributed by atoms with van der Waals surface area (Å²) in [4.78, 5) is 42.4. The van der Waals surface area contributed by atoms with Crippen LogP contribution in [0.15, 0.2) is 72.8 Å². The zero-order chi connectivity index (χ0) is 30.2. The minimum Gasteiger partial charge on any atom is -0.497 e. The number of ether oxygens (including phenoxy) is 2. The maximum absolute atomic E-state index is 13.7. The Hall–Kier alpha value is -4.77. The van der Waals surface area contributed by atoms with Crippen molar-refractivity contribution in [3.05, 3.63) is 78.4 Å². The summed E-state index contributed by atoms with van der Waals surface area (Å²) in [6.45, 7) is 4.04. The van der Waals surface area contributed by atoms with E-state index in [0.717, 1.165) is 0 Å². The number of carbonyl (C=O) groups is 3. The van der Waals surface area contributed by atoms with Gasteiger partial charge in [0, 0.05) is 36.6 Å². The topological polar surface area (TPSA) is 132 Å². The van der Waals surface area contributed by atoms with Crippen LogP contribution >= 0.6 is 0 Å². The van der Waals surface area contributed by atoms with E-state index >= 15 is 0 Å². The summed E-state index contributed by atoms with van der Waals surface area (Å²) < 4.78 is 11.5. The molecule has 1 aliphatic rings. The Balaban J connectivity index is 1.54. The molecular weight excluding hydrogens is 538 g/mol. The van der Waals surface area contributed by atoms with Gasteiger partial charge in [0.25, 0.3) is 5.91 Å². The molecule has 4 N–H and O–H groups in total. The fourth-order valence-corrected chi connectivity index (χ4v) is 4.58. The maximum Gasteiger partial charge on any atom is 0.323 e. The predicted molar refractivity (Wildman–Crippen MR) is 161 cm³/mol. The van der Waals surface area contributed by atoms with Crippen LogP contribution in [0.3, 0.4) is 0 Å². The van der Waals surface area contributed by atoms with Crippen LogP contribution in [-0.2, 0) is 0 Å². The van der Waals surface area contributed by atoms with Crippen LogP contribution in [0.1, 0.15) is 24.2 Å². The van der Waals surface area contributed by atoms with Gasteiger partial charge in [0.1, 0.15) is 17.6 Å². The number of fused-ring (bicyclic) bond motifs is 1. The minimum absolute atomic E-state index is 0.170. The molecule has 5 amide bonds. The summed E-state index contributed by atoms with van der Waals surface area (Å²) in [5.41, 5.74) is 1.87. The van der Waals surface area contributed by atoms with Gasteiger partial charge in [0.15, 0.2) is 0 Å². The van der Waals surface area contributed by atoms with Gasteiger partial charge >= 0.3 is 12.1 Å². The Kier molecular flexibility index (Phi) is 9.87. The molecular formula is C31H37N5O6. The van der Waals surface area contributed by atoms with Crippen LogP contribution in [0.25, 0.3) is 0 Å². The molecule has 0 unspecified atom stereocenters. The summed E-state index contributed by atoms with van der Waals surface area (Å²) in [5, 5.41) is 18.3. The lowest BCUT2D eigenvalue weighted by Gasteiger charge is -2.38. The van der Waals surface area contributed by atoms with Crippen molar-refractivity contribution in [1.29, 1.82) is 0 Å². The summed E-state index contributed by atoms with van der Waals surface area (Å²) in [6.07, 6.45) is -0.464. The number of benzene rings is 3. The molecule has 0 fully saturated rings. The lowest BCUT2D eigenvalue weighted by Crippen LogP contribution is -2.50. The molecule has 11 heteroatoms. The van der Waals surface area contributed by atoms with E-state index in [1.807, 2.05) is 25.1 Å². The summed E-state index contributed by atoms with van der Waals surface area (Å²) in [5.74, 6) is 0.491. The molecule has 222 valence electrons. The van der Waals surface area contributed by atoms with Crippen LogP contribution in [0.4, 0.5) is 26.7 Å². The smallest absolute Gasteiger partial charge is 0.323 e. The highest BCUT2D eigenvalue weighted by Gasteiger charge is 2.34. The molecule has 0 spiro atoms. The number of likely N-dealkylation sites (N-methyl/N-ethyl adjacent to an activating group) is 1. The van der Waals surface area contributed by atoms with Crippen LogP contribution in [-0.4, -0.2) is 78.9 Å². The third-order valence-electron chi connectivity index (χ3n) is 7.10. The highest BCUT2D eigenvalue weighted by Crippen LogP contribution is 2.31. The molecule has 0 bridgehead atoms. The van der Waals surface area contributed by atoms with E-state index in [9.17, 15) is 19.5 Å². The van der Waals surface area contributed by atoms with Crippen LogP contribution < -0.4 is 25.4 Å². The monoisotopic (exact) mass is 575 g/mol. The van der Waals surface area contributed by atoms with Gasteiger partial charge in [-0.25, -0.2) is 9.59 Å². The number of nitrogens with zero attached hydrogens (tertiary/aromatic N) is 2. The molecule has 0 saturated carbocycles. The zero-order valence-electron chi connectivity index (χ0n) is 24.2. The van der Waals surface area contributed by atoms with Crippen LogP contribution in [0.5, 0.6) is 11.5 Å². The molecule has 0 radical (unpaired) electrons. The van der Waals surface area contributed by atoms with E-state index in [1.165, 1.54) is 4.90 Å². The molecule has 42 heavy (non-hydrogen) atoms. The van der Waals surface area contributed by atoms with E-state index in [1.54, 1.807) is 80.6 Å². The third-order valence-corrected chi connectivity index (χ3v) is 7.10. The number of hydrogen-bond donors (Lipinski definition) is 4. The largest absolute Gasteiger partial charge is 0.497 e. The number of rotatable bonds is 8. The van der Waals surface area contributed by atoms with Crippen LogP contribution in [0, 0.1) is 5.92 Å². The van der Waals surface area contributed by atoms with Gasteiger partial charge < -0.3 is 40.3 Å². The quantitative estimate of drug-likeness (QED) is 0.307. The van der Waals surface area contributed by atoms with E-state index in [0.29, 0.717) is 35.1 Å². The average Bonchev–Trinajstić information content (AvgIpc) is 2.99. The number of anilines is 3. The lowest BCUT2D eigenvalue weighted by molar-refractivity contribution is 0.0371.